The molecule has 0 spiro atoms. The molecule has 3 heterocycles. The summed E-state index contributed by atoms with van der Waals surface area (Å²) < 4.78 is 2.14. The number of aliphatic hydroxyl groups excluding tert-OH is 1. The average Bonchev–Trinajstić information content (AvgIpc) is 3.23. The molecule has 0 unspecified atom stereocenters. The van der Waals surface area contributed by atoms with Crippen molar-refractivity contribution in [1.82, 2.24) is 14.5 Å². The maximum atomic E-state index is 12.4. The molecule has 2 aromatic heterocycles. The Labute approximate surface area is 140 Å². The number of aromatic nitrogens is 2. The molecule has 1 saturated heterocycles. The molecule has 6 heteroatoms. The summed E-state index contributed by atoms with van der Waals surface area (Å²) in [4.78, 5) is 19.7. The second-order valence-corrected chi connectivity index (χ2v) is 7.15. The first-order valence-electron chi connectivity index (χ1n) is 8.09. The van der Waals surface area contributed by atoms with Crippen molar-refractivity contribution in [3.63, 3.8) is 0 Å². The third-order valence-electron chi connectivity index (χ3n) is 4.59. The zero-order valence-corrected chi connectivity index (χ0v) is 14.4. The Kier molecular flexibility index (Phi) is 4.82. The van der Waals surface area contributed by atoms with Crippen molar-refractivity contribution in [1.29, 1.82) is 0 Å². The molecule has 124 valence electrons. The first-order valence-corrected chi connectivity index (χ1v) is 8.97. The van der Waals surface area contributed by atoms with E-state index in [4.69, 9.17) is 0 Å². The standard InChI is InChI=1S/C17H23N3O2S/c1-12-10-18-16(20(12)13(2)11-21)14-5-7-19(8-6-14)17(22)15-4-3-9-23-15/h3-4,9-10,13-14,21H,5-8,11H2,1-2H3/t13-/m1/s1. The van der Waals surface area contributed by atoms with Crippen LogP contribution in [0.2, 0.25) is 0 Å². The van der Waals surface area contributed by atoms with E-state index in [1.54, 1.807) is 0 Å². The fourth-order valence-corrected chi connectivity index (χ4v) is 4.01. The fourth-order valence-electron chi connectivity index (χ4n) is 3.32. The van der Waals surface area contributed by atoms with E-state index in [0.717, 1.165) is 42.3 Å². The molecule has 3 rings (SSSR count). The van der Waals surface area contributed by atoms with Gasteiger partial charge in [-0.2, -0.15) is 0 Å². The summed E-state index contributed by atoms with van der Waals surface area (Å²) in [5.41, 5.74) is 1.08. The first kappa shape index (κ1) is 16.2. The molecule has 1 N–H and O–H groups in total. The SMILES string of the molecule is Cc1cnc(C2CCN(C(=O)c3cccs3)CC2)n1[C@H](C)CO. The highest BCUT2D eigenvalue weighted by atomic mass is 32.1. The van der Waals surface area contributed by atoms with Crippen LogP contribution in [0.3, 0.4) is 0 Å². The van der Waals surface area contributed by atoms with Gasteiger partial charge in [-0.15, -0.1) is 11.3 Å². The van der Waals surface area contributed by atoms with Crippen LogP contribution in [0.1, 0.15) is 52.9 Å². The molecule has 1 aliphatic heterocycles. The highest BCUT2D eigenvalue weighted by Gasteiger charge is 2.28. The average molecular weight is 333 g/mol. The largest absolute Gasteiger partial charge is 0.394 e. The number of carbonyl (C=O) groups is 1. The Hall–Kier alpha value is -1.66. The van der Waals surface area contributed by atoms with E-state index < -0.39 is 0 Å². The van der Waals surface area contributed by atoms with Gasteiger partial charge in [-0.1, -0.05) is 6.07 Å². The van der Waals surface area contributed by atoms with Crippen LogP contribution in [0.25, 0.3) is 0 Å². The van der Waals surface area contributed by atoms with E-state index in [9.17, 15) is 9.90 Å². The third kappa shape index (κ3) is 3.19. The maximum Gasteiger partial charge on any atom is 0.263 e. The number of aryl methyl sites for hydroxylation is 1. The zero-order chi connectivity index (χ0) is 16.4. The van der Waals surface area contributed by atoms with Crippen molar-refractivity contribution >= 4 is 17.2 Å². The summed E-state index contributed by atoms with van der Waals surface area (Å²) in [5, 5.41) is 11.4. The van der Waals surface area contributed by atoms with E-state index in [1.165, 1.54) is 11.3 Å². The lowest BCUT2D eigenvalue weighted by molar-refractivity contribution is 0.0714. The van der Waals surface area contributed by atoms with Gasteiger partial charge in [0.15, 0.2) is 0 Å². The fraction of sp³-hybridized carbons (Fsp3) is 0.529. The summed E-state index contributed by atoms with van der Waals surface area (Å²) in [6, 6.07) is 3.84. The molecule has 0 radical (unpaired) electrons. The van der Waals surface area contributed by atoms with Gasteiger partial charge in [0.2, 0.25) is 0 Å². The van der Waals surface area contributed by atoms with Gasteiger partial charge in [-0.05, 0) is 38.1 Å². The van der Waals surface area contributed by atoms with E-state index in [1.807, 2.05) is 42.5 Å². The van der Waals surface area contributed by atoms with Crippen LogP contribution in [0, 0.1) is 6.92 Å². The van der Waals surface area contributed by atoms with Crippen LogP contribution in [-0.4, -0.2) is 45.2 Å². The summed E-state index contributed by atoms with van der Waals surface area (Å²) >= 11 is 1.50. The highest BCUT2D eigenvalue weighted by molar-refractivity contribution is 7.12. The van der Waals surface area contributed by atoms with Crippen LogP contribution in [0.15, 0.2) is 23.7 Å². The van der Waals surface area contributed by atoms with E-state index in [0.29, 0.717) is 5.92 Å². The summed E-state index contributed by atoms with van der Waals surface area (Å²) in [7, 11) is 0. The van der Waals surface area contributed by atoms with Crippen LogP contribution >= 0.6 is 11.3 Å². The van der Waals surface area contributed by atoms with Crippen LogP contribution < -0.4 is 0 Å². The third-order valence-corrected chi connectivity index (χ3v) is 5.45. The van der Waals surface area contributed by atoms with Gasteiger partial charge in [0.25, 0.3) is 5.91 Å². The van der Waals surface area contributed by atoms with Crippen molar-refractivity contribution in [2.75, 3.05) is 19.7 Å². The molecular weight excluding hydrogens is 310 g/mol. The highest BCUT2D eigenvalue weighted by Crippen LogP contribution is 2.30. The number of imidazole rings is 1. The minimum absolute atomic E-state index is 0.0401. The Morgan fingerprint density at radius 1 is 1.48 bits per heavy atom. The van der Waals surface area contributed by atoms with Gasteiger partial charge in [-0.25, -0.2) is 4.98 Å². The molecule has 0 aromatic carbocycles. The molecule has 0 saturated carbocycles. The van der Waals surface area contributed by atoms with Gasteiger partial charge in [0.05, 0.1) is 17.5 Å². The Balaban J connectivity index is 1.69. The number of thiophene rings is 1. The molecule has 2 aromatic rings. The lowest BCUT2D eigenvalue weighted by Crippen LogP contribution is -2.38. The number of rotatable bonds is 4. The van der Waals surface area contributed by atoms with Gasteiger partial charge in [0.1, 0.15) is 5.82 Å². The van der Waals surface area contributed by atoms with Crippen molar-refractivity contribution in [2.24, 2.45) is 0 Å². The van der Waals surface area contributed by atoms with Crippen molar-refractivity contribution in [3.05, 3.63) is 40.1 Å². The van der Waals surface area contributed by atoms with Crippen LogP contribution in [-0.2, 0) is 0 Å². The number of aliphatic hydroxyl groups is 1. The number of amides is 1. The molecule has 1 amide bonds. The molecule has 0 aliphatic carbocycles. The Morgan fingerprint density at radius 2 is 2.22 bits per heavy atom. The number of nitrogens with zero attached hydrogens (tertiary/aromatic N) is 3. The second kappa shape index (κ2) is 6.84. The lowest BCUT2D eigenvalue weighted by Gasteiger charge is -2.32. The van der Waals surface area contributed by atoms with Gasteiger partial charge in [0, 0.05) is 30.9 Å². The topological polar surface area (TPSA) is 58.4 Å². The smallest absolute Gasteiger partial charge is 0.263 e. The van der Waals surface area contributed by atoms with Gasteiger partial charge in [-0.3, -0.25) is 4.79 Å². The van der Waals surface area contributed by atoms with Crippen molar-refractivity contribution in [3.8, 4) is 0 Å². The number of likely N-dealkylation sites (tertiary alicyclic amines) is 1. The number of hydrogen-bond acceptors (Lipinski definition) is 4. The minimum atomic E-state index is 0.0401. The molecular formula is C17H23N3O2S. The monoisotopic (exact) mass is 333 g/mol. The zero-order valence-electron chi connectivity index (χ0n) is 13.6. The lowest BCUT2D eigenvalue weighted by atomic mass is 9.95. The summed E-state index contributed by atoms with van der Waals surface area (Å²) in [5.74, 6) is 1.54. The second-order valence-electron chi connectivity index (χ2n) is 6.20. The Bertz CT molecular complexity index is 657. The predicted molar refractivity (Wildman–Crippen MR) is 91.0 cm³/mol. The number of hydrogen-bond donors (Lipinski definition) is 1. The van der Waals surface area contributed by atoms with Crippen molar-refractivity contribution in [2.45, 2.75) is 38.6 Å². The van der Waals surface area contributed by atoms with Crippen LogP contribution in [0.5, 0.6) is 0 Å². The molecule has 23 heavy (non-hydrogen) atoms. The molecule has 0 bridgehead atoms. The molecule has 1 fully saturated rings. The predicted octanol–water partition coefficient (Wildman–Crippen LogP) is 2.83. The molecule has 1 atom stereocenters. The maximum absolute atomic E-state index is 12.4. The number of piperidine rings is 1. The van der Waals surface area contributed by atoms with Crippen LogP contribution in [0.4, 0.5) is 0 Å². The van der Waals surface area contributed by atoms with E-state index >= 15 is 0 Å². The summed E-state index contributed by atoms with van der Waals surface area (Å²) in [6.07, 6.45) is 3.72. The quantitative estimate of drug-likeness (QED) is 0.936. The van der Waals surface area contributed by atoms with E-state index in [-0.39, 0.29) is 18.6 Å². The molecule has 1 aliphatic rings. The Morgan fingerprint density at radius 3 is 2.83 bits per heavy atom. The normalized spacial score (nSPS) is 17.4. The summed E-state index contributed by atoms with van der Waals surface area (Å²) in [6.45, 7) is 5.67. The molecule has 5 nitrogen and oxygen atoms in total. The van der Waals surface area contributed by atoms with Crippen molar-refractivity contribution < 1.29 is 9.90 Å². The minimum Gasteiger partial charge on any atom is -0.394 e. The first-order chi connectivity index (χ1) is 11.1. The number of carbonyl (C=O) groups excluding carboxylic acids is 1. The van der Waals surface area contributed by atoms with Gasteiger partial charge < -0.3 is 14.6 Å². The van der Waals surface area contributed by atoms with Gasteiger partial charge >= 0.3 is 0 Å². The van der Waals surface area contributed by atoms with E-state index in [2.05, 4.69) is 9.55 Å².